The number of hydrogen-bond donors (Lipinski definition) is 10. The third-order valence-corrected chi connectivity index (χ3v) is 21.5. The van der Waals surface area contributed by atoms with Crippen molar-refractivity contribution in [2.24, 2.45) is 22.7 Å². The SMILES string of the molecule is CC(C)CN(C[C@@H](O)[C@H](Cc1ccccc1)NC(=O)[C@@H](NC(=O)CNC(C)(C)c1cccc(F)c1)C(C)(C)C)S(=O)(=O)c1ccc(N)cc1.CC(C)CN(C[C@@H](O)[C@H](Cc1ccccc1)NC(=O)[C@@H](NC(=O)CNC(C)(C)c1cccc(F)c1)C(C)(C)C)S(=O)(=O)c1ccc2nc(N)sc2c1. The molecule has 0 saturated heterocycles. The van der Waals surface area contributed by atoms with Crippen molar-refractivity contribution >= 4 is 76.0 Å². The number of anilines is 2. The van der Waals surface area contributed by atoms with Crippen LogP contribution >= 0.6 is 11.3 Å². The van der Waals surface area contributed by atoms with Crippen LogP contribution in [0.5, 0.6) is 0 Å². The van der Waals surface area contributed by atoms with Crippen molar-refractivity contribution in [2.45, 2.75) is 167 Å². The van der Waals surface area contributed by atoms with Gasteiger partial charge in [0.1, 0.15) is 23.7 Å². The maximum Gasteiger partial charge on any atom is 0.243 e. The third-order valence-electron chi connectivity index (χ3n) is 17.0. The second-order valence-electron chi connectivity index (χ2n) is 29.6. The maximum absolute atomic E-state index is 14.1. The van der Waals surface area contributed by atoms with Gasteiger partial charge in [0.05, 0.1) is 57.4 Å². The van der Waals surface area contributed by atoms with E-state index in [1.165, 1.54) is 80.6 Å². The van der Waals surface area contributed by atoms with E-state index in [0.717, 1.165) is 11.1 Å². The van der Waals surface area contributed by atoms with Crippen LogP contribution in [0, 0.1) is 34.3 Å². The Balaban J connectivity index is 0.000000318. The van der Waals surface area contributed by atoms with Gasteiger partial charge in [0, 0.05) is 42.9 Å². The lowest BCUT2D eigenvalue weighted by atomic mass is 9.85. The van der Waals surface area contributed by atoms with Crippen molar-refractivity contribution < 1.29 is 55.0 Å². The number of aliphatic hydroxyl groups is 2. The number of nitrogen functional groups attached to an aromatic ring is 2. The van der Waals surface area contributed by atoms with E-state index < -0.39 is 102 Å². The normalized spacial score (nSPS) is 14.4. The number of hydrogen-bond acceptors (Lipinski definition) is 16. The van der Waals surface area contributed by atoms with Gasteiger partial charge in [0.2, 0.25) is 43.7 Å². The molecule has 1 heterocycles. The lowest BCUT2D eigenvalue weighted by Gasteiger charge is -2.35. The Morgan fingerprint density at radius 1 is 0.505 bits per heavy atom. The molecule has 1 aromatic heterocycles. The number of aromatic nitrogens is 1. The van der Waals surface area contributed by atoms with Crippen molar-refractivity contribution in [3.8, 4) is 0 Å². The number of halogens is 2. The zero-order chi connectivity index (χ0) is 75.0. The predicted octanol–water partition coefficient (Wildman–Crippen LogP) is 9.01. The second kappa shape index (κ2) is 35.4. The Hall–Kier alpha value is -7.79. The molecule has 0 radical (unpaired) electrons. The Morgan fingerprint density at radius 2 is 0.891 bits per heavy atom. The number of carbonyl (C=O) groups excluding carboxylic acids is 4. The highest BCUT2D eigenvalue weighted by Crippen LogP contribution is 2.30. The van der Waals surface area contributed by atoms with Gasteiger partial charge in [0.25, 0.3) is 0 Å². The van der Waals surface area contributed by atoms with E-state index in [9.17, 15) is 55.0 Å². The van der Waals surface area contributed by atoms with E-state index in [1.807, 2.05) is 158 Å². The van der Waals surface area contributed by atoms with E-state index in [1.54, 1.807) is 30.3 Å². The molecular weight excluding hydrogens is 1350 g/mol. The number of sulfonamides is 2. The van der Waals surface area contributed by atoms with Gasteiger partial charge in [-0.1, -0.05) is 166 Å². The van der Waals surface area contributed by atoms with Gasteiger partial charge in [-0.25, -0.2) is 30.6 Å². The predicted molar refractivity (Wildman–Crippen MR) is 396 cm³/mol. The van der Waals surface area contributed by atoms with Crippen LogP contribution in [-0.2, 0) is 63.1 Å². The summed E-state index contributed by atoms with van der Waals surface area (Å²) < 4.78 is 86.4. The summed E-state index contributed by atoms with van der Waals surface area (Å²) in [5, 5.41) is 41.6. The maximum atomic E-state index is 14.1. The van der Waals surface area contributed by atoms with Gasteiger partial charge in [-0.2, -0.15) is 8.61 Å². The van der Waals surface area contributed by atoms with Crippen LogP contribution < -0.4 is 43.4 Å². The summed E-state index contributed by atoms with van der Waals surface area (Å²) in [5.41, 5.74) is 12.7. The highest BCUT2D eigenvalue weighted by Gasteiger charge is 2.40. The molecule has 12 N–H and O–H groups in total. The van der Waals surface area contributed by atoms with Crippen LogP contribution in [0.25, 0.3) is 10.2 Å². The second-order valence-corrected chi connectivity index (χ2v) is 34.6. The van der Waals surface area contributed by atoms with Crippen LogP contribution in [0.3, 0.4) is 0 Å². The number of benzene rings is 6. The molecule has 0 aliphatic carbocycles. The molecule has 6 atom stereocenters. The minimum atomic E-state index is -4.09. The summed E-state index contributed by atoms with van der Waals surface area (Å²) in [4.78, 5) is 58.8. The molecule has 0 aliphatic heterocycles. The first-order valence-electron chi connectivity index (χ1n) is 33.7. The van der Waals surface area contributed by atoms with Gasteiger partial charge in [-0.3, -0.25) is 29.8 Å². The molecule has 101 heavy (non-hydrogen) atoms. The molecule has 0 bridgehead atoms. The highest BCUT2D eigenvalue weighted by molar-refractivity contribution is 7.89. The first-order valence-corrected chi connectivity index (χ1v) is 37.4. The molecule has 550 valence electrons. The summed E-state index contributed by atoms with van der Waals surface area (Å²) in [5.74, 6) is -2.86. The number of aliphatic hydroxyl groups excluding tert-OH is 2. The number of fused-ring (bicyclic) bond motifs is 1. The minimum Gasteiger partial charge on any atom is -0.399 e. The van der Waals surface area contributed by atoms with Crippen molar-refractivity contribution in [3.63, 3.8) is 0 Å². The van der Waals surface area contributed by atoms with Crippen LogP contribution in [0.15, 0.2) is 161 Å². The lowest BCUT2D eigenvalue weighted by molar-refractivity contribution is -0.132. The number of rotatable bonds is 32. The van der Waals surface area contributed by atoms with Crippen molar-refractivity contribution in [3.05, 3.63) is 186 Å². The molecule has 21 nitrogen and oxygen atoms in total. The summed E-state index contributed by atoms with van der Waals surface area (Å²) in [6.45, 7) is 25.1. The van der Waals surface area contributed by atoms with Crippen molar-refractivity contribution in [1.29, 1.82) is 0 Å². The molecule has 0 saturated carbocycles. The average molecular weight is 1450 g/mol. The number of nitrogens with zero attached hydrogens (tertiary/aromatic N) is 3. The molecule has 4 amide bonds. The first kappa shape index (κ1) is 82.2. The molecule has 7 rings (SSSR count). The smallest absolute Gasteiger partial charge is 0.243 e. The fraction of sp³-hybridized carbons (Fsp3) is 0.453. The van der Waals surface area contributed by atoms with E-state index in [0.29, 0.717) is 32.2 Å². The van der Waals surface area contributed by atoms with E-state index in [2.05, 4.69) is 36.9 Å². The van der Waals surface area contributed by atoms with Crippen LogP contribution in [-0.4, -0.2) is 140 Å². The summed E-state index contributed by atoms with van der Waals surface area (Å²) in [7, 11) is -8.11. The number of nitrogens with two attached hydrogens (primary N) is 2. The quantitative estimate of drug-likeness (QED) is 0.0176. The molecule has 7 aromatic rings. The number of carbonyl (C=O) groups is 4. The first-order chi connectivity index (χ1) is 47.0. The average Bonchev–Trinajstić information content (AvgIpc) is 1.76. The van der Waals surface area contributed by atoms with E-state index >= 15 is 0 Å². The zero-order valence-electron chi connectivity index (χ0n) is 60.3. The lowest BCUT2D eigenvalue weighted by Crippen LogP contribution is -2.59. The molecule has 0 unspecified atom stereocenters. The zero-order valence-corrected chi connectivity index (χ0v) is 62.8. The summed E-state index contributed by atoms with van der Waals surface area (Å²) >= 11 is 1.19. The minimum absolute atomic E-state index is 0.0443. The fourth-order valence-electron chi connectivity index (χ4n) is 11.2. The van der Waals surface area contributed by atoms with Gasteiger partial charge in [-0.15, -0.1) is 0 Å². The van der Waals surface area contributed by atoms with Crippen LogP contribution in [0.2, 0.25) is 0 Å². The Bertz CT molecular complexity index is 4120. The molecule has 6 aromatic carbocycles. The van der Waals surface area contributed by atoms with Gasteiger partial charge in [-0.05, 0) is 152 Å². The van der Waals surface area contributed by atoms with E-state index in [4.69, 9.17) is 11.5 Å². The Kier molecular flexibility index (Phi) is 28.8. The Morgan fingerprint density at radius 3 is 1.27 bits per heavy atom. The van der Waals surface area contributed by atoms with Gasteiger partial charge in [0.15, 0.2) is 5.13 Å². The molecule has 26 heteroatoms. The fourth-order valence-corrected chi connectivity index (χ4v) is 15.3. The van der Waals surface area contributed by atoms with Crippen LogP contribution in [0.4, 0.5) is 19.6 Å². The molecule has 0 aliphatic rings. The molecule has 0 fully saturated rings. The van der Waals surface area contributed by atoms with Crippen LogP contribution in [0.1, 0.15) is 119 Å². The largest absolute Gasteiger partial charge is 0.399 e. The van der Waals surface area contributed by atoms with Crippen molar-refractivity contribution in [1.82, 2.24) is 45.5 Å². The van der Waals surface area contributed by atoms with Gasteiger partial charge >= 0.3 is 0 Å². The summed E-state index contributed by atoms with van der Waals surface area (Å²) in [6.07, 6.45) is -2.23. The highest BCUT2D eigenvalue weighted by atomic mass is 32.2. The Labute approximate surface area is 599 Å². The molecule has 0 spiro atoms. The monoisotopic (exact) mass is 1450 g/mol. The topological polar surface area (TPSA) is 321 Å². The standard InChI is InChI=1S/C38H51FN6O5S2.C37H52FN5O5S/c1-24(2)22-45(52(49,50)28-16-17-29-32(20-28)51-36(40)43-29)23-31(46)30(18-25-12-9-8-10-13-25)42-35(48)34(37(3,4)5)44-33(47)21-41-38(6,7)26-14-11-15-27(39)19-26;1-25(2)23-43(49(47,48)30-18-16-29(39)17-19-30)24-32(44)31(20-26-12-9-8-10-13-26)41-35(46)34(36(3,4)5)42-33(45)22-40-37(6,7)27-14-11-15-28(38)21-27/h8-17,19-20,24,30-31,34,41,46H,18,21-23H2,1-7H3,(H2,40,43)(H,42,48)(H,44,47);8-19,21,25,31-32,34,40,44H,20,22-24,39H2,1-7H3,(H,41,46)(H,42,45)/t30-,31+,34+;31-,32+,34+/m00/s1. The number of thiazole rings is 1. The third kappa shape index (κ3) is 24.4. The van der Waals surface area contributed by atoms with Crippen molar-refractivity contribution in [2.75, 3.05) is 50.7 Å². The summed E-state index contributed by atoms with van der Waals surface area (Å²) in [6, 6.07) is 37.4. The van der Waals surface area contributed by atoms with E-state index in [-0.39, 0.29) is 85.4 Å². The molecular formula is C75H103F2N11O10S3. The van der Waals surface area contributed by atoms with Gasteiger partial charge < -0.3 is 42.9 Å². The number of nitrogens with one attached hydrogen (secondary N) is 6. The number of amides is 4.